The molecule has 2 unspecified atom stereocenters. The van der Waals surface area contributed by atoms with Crippen molar-refractivity contribution in [3.8, 4) is 0 Å². The van der Waals surface area contributed by atoms with Crippen LogP contribution in [0.5, 0.6) is 0 Å². The standard InChI is InChI=1S/C27H37N3O3/c1-8-33-26(32)20-12-13-23-21(14-20)16-27(5,6)24(29-23)19-10-9-11-22(15-19)30(7)18(4)25(31)28-17(2)3/h9-15,17-18,24,29H,8,16H2,1-7H3,(H,28,31). The second-order valence-corrected chi connectivity index (χ2v) is 9.88. The number of hydrogen-bond acceptors (Lipinski definition) is 5. The Labute approximate surface area is 197 Å². The molecule has 0 spiro atoms. The average Bonchev–Trinajstić information content (AvgIpc) is 2.76. The summed E-state index contributed by atoms with van der Waals surface area (Å²) < 4.78 is 5.16. The number of amides is 1. The van der Waals surface area contributed by atoms with Crippen LogP contribution < -0.4 is 15.5 Å². The van der Waals surface area contributed by atoms with E-state index in [0.29, 0.717) is 12.2 Å². The Morgan fingerprint density at radius 2 is 1.91 bits per heavy atom. The summed E-state index contributed by atoms with van der Waals surface area (Å²) in [7, 11) is 1.95. The minimum absolute atomic E-state index is 0.0142. The Kier molecular flexibility index (Phi) is 7.35. The molecule has 0 bridgehead atoms. The number of nitrogens with one attached hydrogen (secondary N) is 2. The summed E-state index contributed by atoms with van der Waals surface area (Å²) in [5.74, 6) is -0.271. The maximum absolute atomic E-state index is 12.5. The molecule has 0 saturated heterocycles. The van der Waals surface area contributed by atoms with E-state index in [2.05, 4.69) is 36.6 Å². The first-order chi connectivity index (χ1) is 15.5. The molecule has 2 N–H and O–H groups in total. The number of anilines is 2. The first-order valence-electron chi connectivity index (χ1n) is 11.7. The van der Waals surface area contributed by atoms with Gasteiger partial charge in [0.1, 0.15) is 6.04 Å². The van der Waals surface area contributed by atoms with Gasteiger partial charge in [0.05, 0.1) is 18.2 Å². The zero-order valence-electron chi connectivity index (χ0n) is 20.9. The van der Waals surface area contributed by atoms with Gasteiger partial charge in [-0.15, -0.1) is 0 Å². The van der Waals surface area contributed by atoms with Gasteiger partial charge in [-0.25, -0.2) is 4.79 Å². The van der Waals surface area contributed by atoms with Crippen LogP contribution in [0.15, 0.2) is 42.5 Å². The summed E-state index contributed by atoms with van der Waals surface area (Å²) >= 11 is 0. The molecule has 6 heteroatoms. The van der Waals surface area contributed by atoms with Gasteiger partial charge in [-0.05, 0) is 81.0 Å². The molecular formula is C27H37N3O3. The highest BCUT2D eigenvalue weighted by Crippen LogP contribution is 2.45. The smallest absolute Gasteiger partial charge is 0.338 e. The lowest BCUT2D eigenvalue weighted by Gasteiger charge is -2.41. The number of rotatable bonds is 7. The molecule has 0 radical (unpaired) electrons. The predicted octanol–water partition coefficient (Wildman–Crippen LogP) is 4.95. The number of carbonyl (C=O) groups excluding carboxylic acids is 2. The molecule has 1 aliphatic rings. The number of fused-ring (bicyclic) bond motifs is 1. The Bertz CT molecular complexity index is 1020. The lowest BCUT2D eigenvalue weighted by molar-refractivity contribution is -0.122. The van der Waals surface area contributed by atoms with Crippen molar-refractivity contribution < 1.29 is 14.3 Å². The van der Waals surface area contributed by atoms with Gasteiger partial charge in [0, 0.05) is 24.5 Å². The summed E-state index contributed by atoms with van der Waals surface area (Å²) in [4.78, 5) is 26.7. The van der Waals surface area contributed by atoms with Gasteiger partial charge in [0.25, 0.3) is 0 Å². The summed E-state index contributed by atoms with van der Waals surface area (Å²) in [6.45, 7) is 12.5. The van der Waals surface area contributed by atoms with Crippen LogP contribution >= 0.6 is 0 Å². The molecule has 0 fully saturated rings. The van der Waals surface area contributed by atoms with Crippen molar-refractivity contribution in [1.29, 1.82) is 0 Å². The molecule has 2 atom stereocenters. The fraction of sp³-hybridized carbons (Fsp3) is 0.481. The van der Waals surface area contributed by atoms with Crippen molar-refractivity contribution in [3.05, 3.63) is 59.2 Å². The minimum atomic E-state index is -0.286. The van der Waals surface area contributed by atoms with Crippen LogP contribution in [-0.4, -0.2) is 37.6 Å². The largest absolute Gasteiger partial charge is 0.462 e. The molecule has 0 aromatic heterocycles. The Hall–Kier alpha value is -3.02. The lowest BCUT2D eigenvalue weighted by atomic mass is 9.72. The maximum Gasteiger partial charge on any atom is 0.338 e. The fourth-order valence-corrected chi connectivity index (χ4v) is 4.43. The van der Waals surface area contributed by atoms with E-state index < -0.39 is 0 Å². The van der Waals surface area contributed by atoms with Gasteiger partial charge < -0.3 is 20.3 Å². The first kappa shape index (κ1) is 24.6. The zero-order valence-corrected chi connectivity index (χ0v) is 20.9. The SMILES string of the molecule is CCOC(=O)c1ccc2c(c1)CC(C)(C)C(c1cccc(N(C)C(C)C(=O)NC(C)C)c1)N2. The van der Waals surface area contributed by atoms with Crippen LogP contribution in [0.25, 0.3) is 0 Å². The number of benzene rings is 2. The van der Waals surface area contributed by atoms with Gasteiger partial charge >= 0.3 is 5.97 Å². The van der Waals surface area contributed by atoms with Gasteiger partial charge in [-0.3, -0.25) is 4.79 Å². The number of likely N-dealkylation sites (N-methyl/N-ethyl adjacent to an activating group) is 1. The highest BCUT2D eigenvalue weighted by Gasteiger charge is 2.36. The van der Waals surface area contributed by atoms with Crippen molar-refractivity contribution in [2.75, 3.05) is 23.9 Å². The van der Waals surface area contributed by atoms with E-state index in [1.54, 1.807) is 0 Å². The van der Waals surface area contributed by atoms with E-state index in [1.807, 2.05) is 70.0 Å². The minimum Gasteiger partial charge on any atom is -0.462 e. The number of esters is 1. The van der Waals surface area contributed by atoms with E-state index in [9.17, 15) is 9.59 Å². The van der Waals surface area contributed by atoms with Gasteiger partial charge in [0.2, 0.25) is 5.91 Å². The second-order valence-electron chi connectivity index (χ2n) is 9.88. The number of nitrogens with zero attached hydrogens (tertiary/aromatic N) is 1. The first-order valence-corrected chi connectivity index (χ1v) is 11.7. The molecule has 0 aliphatic carbocycles. The van der Waals surface area contributed by atoms with E-state index in [-0.39, 0.29) is 35.4 Å². The molecule has 33 heavy (non-hydrogen) atoms. The predicted molar refractivity (Wildman–Crippen MR) is 134 cm³/mol. The summed E-state index contributed by atoms with van der Waals surface area (Å²) in [6, 6.07) is 14.0. The highest BCUT2D eigenvalue weighted by atomic mass is 16.5. The maximum atomic E-state index is 12.5. The highest BCUT2D eigenvalue weighted by molar-refractivity contribution is 5.90. The van der Waals surface area contributed by atoms with E-state index in [4.69, 9.17) is 4.74 Å². The molecule has 2 aromatic carbocycles. The Morgan fingerprint density at radius 1 is 1.18 bits per heavy atom. The molecule has 6 nitrogen and oxygen atoms in total. The molecule has 178 valence electrons. The topological polar surface area (TPSA) is 70.7 Å². The van der Waals surface area contributed by atoms with Crippen molar-refractivity contribution >= 4 is 23.3 Å². The molecule has 3 rings (SSSR count). The number of carbonyl (C=O) groups is 2. The van der Waals surface area contributed by atoms with E-state index in [1.165, 1.54) is 5.56 Å². The quantitative estimate of drug-likeness (QED) is 0.583. The average molecular weight is 452 g/mol. The Balaban J connectivity index is 1.85. The van der Waals surface area contributed by atoms with Gasteiger partial charge in [0.15, 0.2) is 0 Å². The normalized spacial score (nSPS) is 17.5. The summed E-state index contributed by atoms with van der Waals surface area (Å²) in [5, 5.41) is 6.69. The van der Waals surface area contributed by atoms with Crippen molar-refractivity contribution in [2.24, 2.45) is 5.41 Å². The van der Waals surface area contributed by atoms with Gasteiger partial charge in [-0.1, -0.05) is 26.0 Å². The molecule has 1 amide bonds. The van der Waals surface area contributed by atoms with Crippen molar-refractivity contribution in [1.82, 2.24) is 5.32 Å². The number of hydrogen-bond donors (Lipinski definition) is 2. The van der Waals surface area contributed by atoms with Crippen LogP contribution in [0.3, 0.4) is 0 Å². The third-order valence-electron chi connectivity index (χ3n) is 6.35. The summed E-state index contributed by atoms with van der Waals surface area (Å²) in [6.07, 6.45) is 0.834. The number of ether oxygens (including phenoxy) is 1. The molecule has 2 aromatic rings. The van der Waals surface area contributed by atoms with Crippen molar-refractivity contribution in [3.63, 3.8) is 0 Å². The van der Waals surface area contributed by atoms with Gasteiger partial charge in [-0.2, -0.15) is 0 Å². The molecular weight excluding hydrogens is 414 g/mol. The van der Waals surface area contributed by atoms with Crippen LogP contribution in [0.1, 0.15) is 69.1 Å². The Morgan fingerprint density at radius 3 is 2.58 bits per heavy atom. The third kappa shape index (κ3) is 5.49. The van der Waals surface area contributed by atoms with E-state index in [0.717, 1.165) is 23.4 Å². The van der Waals surface area contributed by atoms with Crippen LogP contribution in [0.4, 0.5) is 11.4 Å². The fourth-order valence-electron chi connectivity index (χ4n) is 4.43. The lowest BCUT2D eigenvalue weighted by Crippen LogP contribution is -2.45. The van der Waals surface area contributed by atoms with E-state index >= 15 is 0 Å². The second kappa shape index (κ2) is 9.86. The summed E-state index contributed by atoms with van der Waals surface area (Å²) in [5.41, 5.74) is 4.83. The molecule has 1 aliphatic heterocycles. The zero-order chi connectivity index (χ0) is 24.3. The molecule has 0 saturated carbocycles. The monoisotopic (exact) mass is 451 g/mol. The van der Waals surface area contributed by atoms with Crippen molar-refractivity contribution in [2.45, 2.75) is 66.1 Å². The third-order valence-corrected chi connectivity index (χ3v) is 6.35. The van der Waals surface area contributed by atoms with Crippen LogP contribution in [0.2, 0.25) is 0 Å². The van der Waals surface area contributed by atoms with Crippen LogP contribution in [0, 0.1) is 5.41 Å². The van der Waals surface area contributed by atoms with Crippen LogP contribution in [-0.2, 0) is 16.0 Å². The molecule has 1 heterocycles.